The lowest BCUT2D eigenvalue weighted by Crippen LogP contribution is -2.27. The number of hydrogen-bond donors (Lipinski definition) is 1. The van der Waals surface area contributed by atoms with Crippen molar-refractivity contribution < 1.29 is 19.4 Å². The van der Waals surface area contributed by atoms with Crippen LogP contribution in [0.1, 0.15) is 19.4 Å². The van der Waals surface area contributed by atoms with Crippen molar-refractivity contribution in [1.82, 2.24) is 4.90 Å². The molecule has 7 heteroatoms. The summed E-state index contributed by atoms with van der Waals surface area (Å²) in [5.41, 5.74) is 0.586. The normalized spacial score (nSPS) is 16.9. The number of halogens is 1. The average Bonchev–Trinajstić information content (AvgIpc) is 2.70. The highest BCUT2D eigenvalue weighted by atomic mass is 35.5. The number of imide groups is 1. The van der Waals surface area contributed by atoms with E-state index in [0.29, 0.717) is 23.6 Å². The van der Waals surface area contributed by atoms with Gasteiger partial charge in [0.25, 0.3) is 11.1 Å². The monoisotopic (exact) mass is 327 g/mol. The first-order valence-corrected chi connectivity index (χ1v) is 7.58. The van der Waals surface area contributed by atoms with Gasteiger partial charge < -0.3 is 9.84 Å². The molecule has 0 saturated carbocycles. The number of carbonyl (C=O) groups excluding carboxylic acids is 2. The van der Waals surface area contributed by atoms with Crippen molar-refractivity contribution in [2.75, 3.05) is 13.2 Å². The molecule has 5 nitrogen and oxygen atoms in total. The molecule has 0 spiro atoms. The molecular formula is C14H14ClNO4S. The van der Waals surface area contributed by atoms with Gasteiger partial charge in [-0.3, -0.25) is 14.5 Å². The fourth-order valence-corrected chi connectivity index (χ4v) is 2.99. The number of benzene rings is 1. The minimum absolute atomic E-state index is 0.127. The Balaban J connectivity index is 2.37. The van der Waals surface area contributed by atoms with Crippen LogP contribution in [0.25, 0.3) is 6.08 Å². The molecule has 0 aliphatic carbocycles. The van der Waals surface area contributed by atoms with Crippen LogP contribution < -0.4 is 4.74 Å². The molecule has 112 valence electrons. The number of hydrogen-bond acceptors (Lipinski definition) is 5. The van der Waals surface area contributed by atoms with Gasteiger partial charge in [0.1, 0.15) is 0 Å². The third kappa shape index (κ3) is 3.16. The molecule has 1 aliphatic rings. The van der Waals surface area contributed by atoms with Crippen molar-refractivity contribution in [2.24, 2.45) is 0 Å². The number of carbonyl (C=O) groups is 2. The molecule has 1 aromatic carbocycles. The molecule has 0 aromatic heterocycles. The largest absolute Gasteiger partial charge is 0.503 e. The van der Waals surface area contributed by atoms with E-state index in [4.69, 9.17) is 16.3 Å². The number of phenolic OH excluding ortho intramolecular Hbond substituents is 1. The fourth-order valence-electron chi connectivity index (χ4n) is 1.87. The third-order valence-corrected chi connectivity index (χ3v) is 4.03. The molecule has 21 heavy (non-hydrogen) atoms. The summed E-state index contributed by atoms with van der Waals surface area (Å²) in [6.45, 7) is 4.23. The number of rotatable bonds is 4. The van der Waals surface area contributed by atoms with Gasteiger partial charge in [0.15, 0.2) is 11.5 Å². The van der Waals surface area contributed by atoms with E-state index in [9.17, 15) is 14.7 Å². The Morgan fingerprint density at radius 1 is 1.38 bits per heavy atom. The number of nitrogens with zero attached hydrogens (tertiary/aromatic N) is 1. The second kappa shape index (κ2) is 6.41. The van der Waals surface area contributed by atoms with Crippen LogP contribution in [0.3, 0.4) is 0 Å². The van der Waals surface area contributed by atoms with E-state index in [1.165, 1.54) is 11.0 Å². The maximum absolute atomic E-state index is 12.0. The lowest BCUT2D eigenvalue weighted by atomic mass is 10.2. The van der Waals surface area contributed by atoms with Crippen LogP contribution in [-0.4, -0.2) is 34.3 Å². The molecule has 0 bridgehead atoms. The maximum atomic E-state index is 12.0. The van der Waals surface area contributed by atoms with Crippen molar-refractivity contribution in [3.63, 3.8) is 0 Å². The SMILES string of the molecule is CCOc1cc(/C=C2/SC(=O)N(CC)C2=O)cc(Cl)c1O. The van der Waals surface area contributed by atoms with Gasteiger partial charge >= 0.3 is 0 Å². The molecule has 0 radical (unpaired) electrons. The molecule has 1 saturated heterocycles. The fraction of sp³-hybridized carbons (Fsp3) is 0.286. The molecule has 0 atom stereocenters. The number of amides is 2. The van der Waals surface area contributed by atoms with E-state index in [-0.39, 0.29) is 27.7 Å². The molecule has 1 fully saturated rings. The van der Waals surface area contributed by atoms with Gasteiger partial charge in [0, 0.05) is 6.54 Å². The Morgan fingerprint density at radius 2 is 2.10 bits per heavy atom. The number of likely N-dealkylation sites (N-methyl/N-ethyl adjacent to an activating group) is 1. The van der Waals surface area contributed by atoms with Gasteiger partial charge in [0.2, 0.25) is 0 Å². The number of ether oxygens (including phenoxy) is 1. The summed E-state index contributed by atoms with van der Waals surface area (Å²) in [4.78, 5) is 25.2. The number of aromatic hydroxyl groups is 1. The summed E-state index contributed by atoms with van der Waals surface area (Å²) in [5, 5.41) is 9.61. The first-order valence-electron chi connectivity index (χ1n) is 6.38. The highest BCUT2D eigenvalue weighted by Crippen LogP contribution is 2.38. The third-order valence-electron chi connectivity index (χ3n) is 2.84. The van der Waals surface area contributed by atoms with Crippen LogP contribution in [0.15, 0.2) is 17.0 Å². The van der Waals surface area contributed by atoms with E-state index in [1.54, 1.807) is 26.0 Å². The van der Waals surface area contributed by atoms with Crippen LogP contribution in [-0.2, 0) is 4.79 Å². The average molecular weight is 328 g/mol. The number of phenols is 1. The highest BCUT2D eigenvalue weighted by Gasteiger charge is 2.33. The van der Waals surface area contributed by atoms with Gasteiger partial charge in [-0.25, -0.2) is 0 Å². The highest BCUT2D eigenvalue weighted by molar-refractivity contribution is 8.18. The summed E-state index contributed by atoms with van der Waals surface area (Å²) in [6.07, 6.45) is 1.56. The quantitative estimate of drug-likeness (QED) is 0.857. The first-order chi connectivity index (χ1) is 9.97. The summed E-state index contributed by atoms with van der Waals surface area (Å²) >= 11 is 6.82. The van der Waals surface area contributed by atoms with Gasteiger partial charge in [-0.1, -0.05) is 11.6 Å². The minimum atomic E-state index is -0.324. The van der Waals surface area contributed by atoms with Crippen molar-refractivity contribution in [3.8, 4) is 11.5 Å². The smallest absolute Gasteiger partial charge is 0.293 e. The zero-order valence-corrected chi connectivity index (χ0v) is 13.1. The van der Waals surface area contributed by atoms with E-state index in [0.717, 1.165) is 11.8 Å². The summed E-state index contributed by atoms with van der Waals surface area (Å²) < 4.78 is 5.28. The number of thioether (sulfide) groups is 1. The summed E-state index contributed by atoms with van der Waals surface area (Å²) in [5.74, 6) is -0.224. The zero-order valence-electron chi connectivity index (χ0n) is 11.6. The van der Waals surface area contributed by atoms with E-state index in [2.05, 4.69) is 0 Å². The maximum Gasteiger partial charge on any atom is 0.293 e. The van der Waals surface area contributed by atoms with Crippen molar-refractivity contribution >= 4 is 40.6 Å². The standard InChI is InChI=1S/C14H14ClNO4S/c1-3-16-13(18)11(21-14(16)19)7-8-5-9(15)12(17)10(6-8)20-4-2/h5-7,17H,3-4H2,1-2H3/b11-7+. The molecular weight excluding hydrogens is 314 g/mol. The Kier molecular flexibility index (Phi) is 4.80. The molecule has 2 rings (SSSR count). The Morgan fingerprint density at radius 3 is 2.67 bits per heavy atom. The van der Waals surface area contributed by atoms with E-state index in [1.807, 2.05) is 0 Å². The summed E-state index contributed by atoms with van der Waals surface area (Å²) in [7, 11) is 0. The second-order valence-corrected chi connectivity index (χ2v) is 5.61. The molecule has 1 N–H and O–H groups in total. The predicted molar refractivity (Wildman–Crippen MR) is 82.6 cm³/mol. The second-order valence-electron chi connectivity index (χ2n) is 4.21. The Hall–Kier alpha value is -1.66. The first kappa shape index (κ1) is 15.7. The van der Waals surface area contributed by atoms with Crippen LogP contribution >= 0.6 is 23.4 Å². The van der Waals surface area contributed by atoms with Gasteiger partial charge in [-0.15, -0.1) is 0 Å². The van der Waals surface area contributed by atoms with Gasteiger partial charge in [0.05, 0.1) is 16.5 Å². The minimum Gasteiger partial charge on any atom is -0.503 e. The zero-order chi connectivity index (χ0) is 15.6. The molecule has 0 unspecified atom stereocenters. The lowest BCUT2D eigenvalue weighted by Gasteiger charge is -2.09. The molecule has 2 amide bonds. The van der Waals surface area contributed by atoms with Crippen molar-refractivity contribution in [3.05, 3.63) is 27.6 Å². The van der Waals surface area contributed by atoms with E-state index >= 15 is 0 Å². The van der Waals surface area contributed by atoms with Crippen molar-refractivity contribution in [1.29, 1.82) is 0 Å². The molecule has 1 heterocycles. The van der Waals surface area contributed by atoms with Gasteiger partial charge in [-0.05, 0) is 49.4 Å². The summed E-state index contributed by atoms with van der Waals surface area (Å²) in [6, 6.07) is 3.09. The Labute approximate surface area is 131 Å². The van der Waals surface area contributed by atoms with Crippen LogP contribution in [0.5, 0.6) is 11.5 Å². The van der Waals surface area contributed by atoms with Gasteiger partial charge in [-0.2, -0.15) is 0 Å². The van der Waals surface area contributed by atoms with Crippen LogP contribution in [0, 0.1) is 0 Å². The van der Waals surface area contributed by atoms with E-state index < -0.39 is 0 Å². The lowest BCUT2D eigenvalue weighted by molar-refractivity contribution is -0.122. The molecule has 1 aliphatic heterocycles. The predicted octanol–water partition coefficient (Wildman–Crippen LogP) is 3.50. The van der Waals surface area contributed by atoms with Crippen LogP contribution in [0.4, 0.5) is 4.79 Å². The van der Waals surface area contributed by atoms with Crippen molar-refractivity contribution in [2.45, 2.75) is 13.8 Å². The Bertz CT molecular complexity index is 630. The molecule has 1 aromatic rings. The van der Waals surface area contributed by atoms with Crippen LogP contribution in [0.2, 0.25) is 5.02 Å². The topological polar surface area (TPSA) is 66.8 Å².